The van der Waals surface area contributed by atoms with E-state index in [2.05, 4.69) is 9.84 Å². The molecule has 2 aromatic rings. The Labute approximate surface area is 152 Å². The Bertz CT molecular complexity index is 744. The molecule has 8 heteroatoms. The summed E-state index contributed by atoms with van der Waals surface area (Å²) in [5.41, 5.74) is 1.95. The summed E-state index contributed by atoms with van der Waals surface area (Å²) in [7, 11) is -4.59. The quantitative estimate of drug-likeness (QED) is 0.578. The Morgan fingerprint density at radius 2 is 1.73 bits per heavy atom. The average molecular weight is 379 g/mol. The van der Waals surface area contributed by atoms with Crippen LogP contribution in [-0.2, 0) is 26.9 Å². The number of hydrogen-bond acceptors (Lipinski definition) is 4. The molecule has 0 aliphatic heterocycles. The molecule has 0 saturated carbocycles. The molecule has 26 heavy (non-hydrogen) atoms. The van der Waals surface area contributed by atoms with Gasteiger partial charge in [-0.3, -0.25) is 9.32 Å². The number of hydrogen-bond donors (Lipinski definition) is 3. The third kappa shape index (κ3) is 7.80. The minimum absolute atomic E-state index is 0.282. The van der Waals surface area contributed by atoms with E-state index in [1.165, 1.54) is 6.92 Å². The van der Waals surface area contributed by atoms with Gasteiger partial charge in [0.1, 0.15) is 12.4 Å². The van der Waals surface area contributed by atoms with E-state index in [9.17, 15) is 9.36 Å². The minimum Gasteiger partial charge on any atom is -0.489 e. The number of phosphoric acid groups is 1. The van der Waals surface area contributed by atoms with Crippen molar-refractivity contribution in [2.75, 3.05) is 6.61 Å². The van der Waals surface area contributed by atoms with Crippen LogP contribution >= 0.6 is 7.82 Å². The number of phosphoric ester groups is 1. The Hall–Kier alpha value is -2.18. The van der Waals surface area contributed by atoms with Crippen LogP contribution in [-0.4, -0.2) is 28.3 Å². The molecule has 2 rings (SSSR count). The largest absolute Gasteiger partial charge is 0.489 e. The van der Waals surface area contributed by atoms with Crippen LogP contribution in [0.3, 0.4) is 0 Å². The molecule has 0 aromatic heterocycles. The zero-order valence-electron chi connectivity index (χ0n) is 14.4. The molecule has 0 aliphatic carbocycles. The monoisotopic (exact) mass is 379 g/mol. The molecule has 0 aliphatic rings. The molecule has 0 unspecified atom stereocenters. The van der Waals surface area contributed by atoms with E-state index in [4.69, 9.17) is 14.5 Å². The van der Waals surface area contributed by atoms with Gasteiger partial charge in [0.2, 0.25) is 5.91 Å². The molecular weight excluding hydrogens is 357 g/mol. The van der Waals surface area contributed by atoms with Gasteiger partial charge in [-0.15, -0.1) is 0 Å². The highest BCUT2D eigenvalue weighted by atomic mass is 31.2. The smallest absolute Gasteiger partial charge is 0.469 e. The van der Waals surface area contributed by atoms with Crippen molar-refractivity contribution in [3.8, 4) is 5.75 Å². The first kappa shape index (κ1) is 20.1. The Morgan fingerprint density at radius 1 is 1.08 bits per heavy atom. The van der Waals surface area contributed by atoms with E-state index in [1.54, 1.807) is 0 Å². The van der Waals surface area contributed by atoms with Crippen molar-refractivity contribution in [3.63, 3.8) is 0 Å². The van der Waals surface area contributed by atoms with Crippen LogP contribution in [0.5, 0.6) is 5.75 Å². The lowest BCUT2D eigenvalue weighted by Crippen LogP contribution is -2.38. The third-order valence-electron chi connectivity index (χ3n) is 3.51. The first-order valence-corrected chi connectivity index (χ1v) is 9.58. The van der Waals surface area contributed by atoms with Crippen molar-refractivity contribution < 1.29 is 28.4 Å². The van der Waals surface area contributed by atoms with Gasteiger partial charge in [0.25, 0.3) is 0 Å². The van der Waals surface area contributed by atoms with Crippen LogP contribution in [0.1, 0.15) is 18.1 Å². The highest BCUT2D eigenvalue weighted by molar-refractivity contribution is 7.46. The first-order chi connectivity index (χ1) is 12.3. The fraction of sp³-hybridized carbons (Fsp3) is 0.278. The lowest BCUT2D eigenvalue weighted by atomic mass is 10.1. The summed E-state index contributed by atoms with van der Waals surface area (Å²) < 4.78 is 21.1. The zero-order chi connectivity index (χ0) is 19.0. The van der Waals surface area contributed by atoms with Crippen LogP contribution in [0.15, 0.2) is 54.6 Å². The number of ether oxygens (including phenoxy) is 1. The normalized spacial score (nSPS) is 12.4. The number of nitrogens with one attached hydrogen (secondary N) is 1. The van der Waals surface area contributed by atoms with Gasteiger partial charge in [0, 0.05) is 6.92 Å². The van der Waals surface area contributed by atoms with Crippen molar-refractivity contribution in [2.45, 2.75) is 26.0 Å². The van der Waals surface area contributed by atoms with Crippen LogP contribution in [0, 0.1) is 0 Å². The molecule has 0 bridgehead atoms. The predicted molar refractivity (Wildman–Crippen MR) is 96.5 cm³/mol. The molecule has 0 fully saturated rings. The van der Waals surface area contributed by atoms with Gasteiger partial charge in [-0.1, -0.05) is 42.5 Å². The summed E-state index contributed by atoms with van der Waals surface area (Å²) in [5.74, 6) is 0.410. The number of amides is 1. The number of rotatable bonds is 9. The maximum atomic E-state index is 11.3. The standard InChI is InChI=1S/C18H22NO6P/c1-14(20)19-17(13-25-26(21,22)23)11-15-7-9-18(10-8-15)24-12-16-5-3-2-4-6-16/h2-10,17H,11-13H2,1H3,(H,19,20)(H2,21,22,23)/t17-/m1/s1. The fourth-order valence-electron chi connectivity index (χ4n) is 2.37. The van der Waals surface area contributed by atoms with E-state index < -0.39 is 13.9 Å². The molecule has 0 spiro atoms. The van der Waals surface area contributed by atoms with Gasteiger partial charge >= 0.3 is 7.82 Å². The molecule has 0 radical (unpaired) electrons. The SMILES string of the molecule is CC(=O)N[C@@H](COP(=O)(O)O)Cc1ccc(OCc2ccccc2)cc1. The maximum Gasteiger partial charge on any atom is 0.469 e. The van der Waals surface area contributed by atoms with Gasteiger partial charge < -0.3 is 19.8 Å². The van der Waals surface area contributed by atoms with Crippen LogP contribution in [0.2, 0.25) is 0 Å². The molecule has 2 aromatic carbocycles. The predicted octanol–water partition coefficient (Wildman–Crippen LogP) is 2.42. The number of benzene rings is 2. The van der Waals surface area contributed by atoms with E-state index in [-0.39, 0.29) is 12.5 Å². The van der Waals surface area contributed by atoms with Crippen LogP contribution in [0.4, 0.5) is 0 Å². The maximum absolute atomic E-state index is 11.3. The van der Waals surface area contributed by atoms with Gasteiger partial charge in [-0.2, -0.15) is 0 Å². The Balaban J connectivity index is 1.92. The van der Waals surface area contributed by atoms with Crippen LogP contribution in [0.25, 0.3) is 0 Å². The number of carbonyl (C=O) groups is 1. The highest BCUT2D eigenvalue weighted by Gasteiger charge is 2.19. The Kier molecular flexibility index (Phi) is 7.36. The second-order valence-corrected chi connectivity index (χ2v) is 7.05. The highest BCUT2D eigenvalue weighted by Crippen LogP contribution is 2.35. The summed E-state index contributed by atoms with van der Waals surface area (Å²) in [6.07, 6.45) is 0.374. The topological polar surface area (TPSA) is 105 Å². The van der Waals surface area contributed by atoms with Gasteiger partial charge in [-0.25, -0.2) is 4.57 Å². The van der Waals surface area contributed by atoms with Gasteiger partial charge in [0.15, 0.2) is 0 Å². The molecule has 0 saturated heterocycles. The van der Waals surface area contributed by atoms with Gasteiger partial charge in [0.05, 0.1) is 12.6 Å². The molecule has 1 atom stereocenters. The summed E-state index contributed by atoms with van der Waals surface area (Å²) in [6, 6.07) is 16.6. The lowest BCUT2D eigenvalue weighted by Gasteiger charge is -2.18. The summed E-state index contributed by atoms with van der Waals surface area (Å²) in [6.45, 7) is 1.52. The van der Waals surface area contributed by atoms with Crippen molar-refractivity contribution in [3.05, 3.63) is 65.7 Å². The Morgan fingerprint density at radius 3 is 2.31 bits per heavy atom. The number of carbonyl (C=O) groups excluding carboxylic acids is 1. The molecule has 7 nitrogen and oxygen atoms in total. The first-order valence-electron chi connectivity index (χ1n) is 8.05. The summed E-state index contributed by atoms with van der Waals surface area (Å²) >= 11 is 0. The van der Waals surface area contributed by atoms with E-state index in [0.29, 0.717) is 18.8 Å². The molecular formula is C18H22NO6P. The fourth-order valence-corrected chi connectivity index (χ4v) is 2.75. The van der Waals surface area contributed by atoms with Crippen molar-refractivity contribution in [2.24, 2.45) is 0 Å². The van der Waals surface area contributed by atoms with E-state index in [0.717, 1.165) is 11.1 Å². The zero-order valence-corrected chi connectivity index (χ0v) is 15.3. The minimum atomic E-state index is -4.59. The summed E-state index contributed by atoms with van der Waals surface area (Å²) in [5, 5.41) is 2.62. The summed E-state index contributed by atoms with van der Waals surface area (Å²) in [4.78, 5) is 28.9. The van der Waals surface area contributed by atoms with Crippen molar-refractivity contribution in [1.29, 1.82) is 0 Å². The third-order valence-corrected chi connectivity index (χ3v) is 3.99. The molecule has 3 N–H and O–H groups in total. The van der Waals surface area contributed by atoms with Crippen molar-refractivity contribution in [1.82, 2.24) is 5.32 Å². The second-order valence-electron chi connectivity index (χ2n) is 5.81. The second kappa shape index (κ2) is 9.50. The average Bonchev–Trinajstić information content (AvgIpc) is 2.59. The lowest BCUT2D eigenvalue weighted by molar-refractivity contribution is -0.119. The molecule has 1 amide bonds. The molecule has 0 heterocycles. The van der Waals surface area contributed by atoms with E-state index >= 15 is 0 Å². The van der Waals surface area contributed by atoms with Gasteiger partial charge in [-0.05, 0) is 29.7 Å². The van der Waals surface area contributed by atoms with E-state index in [1.807, 2.05) is 54.6 Å². The van der Waals surface area contributed by atoms with Crippen molar-refractivity contribution >= 4 is 13.7 Å². The van der Waals surface area contributed by atoms with Crippen LogP contribution < -0.4 is 10.1 Å². The molecule has 140 valence electrons.